The zero-order valence-corrected chi connectivity index (χ0v) is 13.4. The molecule has 1 aromatic rings. The van der Waals surface area contributed by atoms with Gasteiger partial charge in [0, 0.05) is 18.6 Å². The molecule has 0 saturated carbocycles. The second-order valence-corrected chi connectivity index (χ2v) is 5.18. The van der Waals surface area contributed by atoms with E-state index in [0.717, 1.165) is 30.9 Å². The molecule has 114 valence electrons. The maximum Gasteiger partial charge on any atom is 0.161 e. The molecule has 1 rings (SSSR count). The molecule has 0 aliphatic heterocycles. The van der Waals surface area contributed by atoms with Crippen molar-refractivity contribution in [2.45, 2.75) is 38.8 Å². The van der Waals surface area contributed by atoms with Crippen LogP contribution in [-0.4, -0.2) is 38.3 Å². The van der Waals surface area contributed by atoms with Crippen molar-refractivity contribution >= 4 is 0 Å². The first kappa shape index (κ1) is 16.8. The summed E-state index contributed by atoms with van der Waals surface area (Å²) >= 11 is 0. The lowest BCUT2D eigenvalue weighted by Crippen LogP contribution is -2.50. The van der Waals surface area contributed by atoms with Gasteiger partial charge < -0.3 is 15.2 Å². The number of hydrogen-bond donors (Lipinski definition) is 1. The van der Waals surface area contributed by atoms with Gasteiger partial charge in [0.1, 0.15) is 0 Å². The van der Waals surface area contributed by atoms with Crippen LogP contribution < -0.4 is 15.2 Å². The second-order valence-electron chi connectivity index (χ2n) is 5.18. The predicted molar refractivity (Wildman–Crippen MR) is 83.4 cm³/mol. The van der Waals surface area contributed by atoms with Crippen LogP contribution in [0.2, 0.25) is 0 Å². The molecule has 0 bridgehead atoms. The molecule has 0 aliphatic rings. The highest BCUT2D eigenvalue weighted by molar-refractivity contribution is 5.42. The number of likely N-dealkylation sites (N-methyl/N-ethyl adjacent to an activating group) is 1. The molecule has 0 heterocycles. The van der Waals surface area contributed by atoms with E-state index < -0.39 is 0 Å². The Morgan fingerprint density at radius 3 is 2.15 bits per heavy atom. The molecule has 4 heteroatoms. The van der Waals surface area contributed by atoms with Crippen molar-refractivity contribution in [3.05, 3.63) is 23.8 Å². The fourth-order valence-electron chi connectivity index (χ4n) is 2.65. The molecule has 0 atom stereocenters. The smallest absolute Gasteiger partial charge is 0.161 e. The van der Waals surface area contributed by atoms with E-state index in [2.05, 4.69) is 31.9 Å². The average molecular weight is 280 g/mol. The molecule has 0 saturated heterocycles. The quantitative estimate of drug-likeness (QED) is 0.795. The molecule has 20 heavy (non-hydrogen) atoms. The molecule has 0 radical (unpaired) electrons. The van der Waals surface area contributed by atoms with Gasteiger partial charge in [-0.05, 0) is 37.6 Å². The first-order chi connectivity index (χ1) is 9.56. The topological polar surface area (TPSA) is 47.7 Å². The van der Waals surface area contributed by atoms with Gasteiger partial charge >= 0.3 is 0 Å². The maximum atomic E-state index is 6.00. The van der Waals surface area contributed by atoms with Gasteiger partial charge in [-0.15, -0.1) is 0 Å². The van der Waals surface area contributed by atoms with Gasteiger partial charge in [0.15, 0.2) is 11.5 Å². The van der Waals surface area contributed by atoms with Gasteiger partial charge in [-0.25, -0.2) is 0 Å². The highest BCUT2D eigenvalue weighted by Gasteiger charge is 2.29. The van der Waals surface area contributed by atoms with E-state index in [9.17, 15) is 0 Å². The summed E-state index contributed by atoms with van der Waals surface area (Å²) in [5, 5.41) is 0. The Balaban J connectivity index is 2.92. The lowest BCUT2D eigenvalue weighted by atomic mass is 9.90. The molecule has 0 aromatic heterocycles. The largest absolute Gasteiger partial charge is 0.493 e. The zero-order valence-electron chi connectivity index (χ0n) is 13.4. The standard InChI is InChI=1S/C16H28N2O2/c1-6-16(7-2,12-17)18(3)11-13-8-9-14(19-4)15(10-13)20-5/h8-10H,6-7,11-12,17H2,1-5H3. The summed E-state index contributed by atoms with van der Waals surface area (Å²) in [6, 6.07) is 6.05. The average Bonchev–Trinajstić information content (AvgIpc) is 2.49. The Kier molecular flexibility index (Phi) is 6.30. The second kappa shape index (κ2) is 7.50. The lowest BCUT2D eigenvalue weighted by Gasteiger charge is -2.40. The van der Waals surface area contributed by atoms with Crippen LogP contribution in [0.5, 0.6) is 11.5 Å². The Morgan fingerprint density at radius 2 is 1.70 bits per heavy atom. The summed E-state index contributed by atoms with van der Waals surface area (Å²) in [5.41, 5.74) is 7.26. The van der Waals surface area contributed by atoms with Crippen molar-refractivity contribution in [1.82, 2.24) is 4.90 Å². The first-order valence-electron chi connectivity index (χ1n) is 7.19. The first-order valence-corrected chi connectivity index (χ1v) is 7.19. The van der Waals surface area contributed by atoms with E-state index in [1.165, 1.54) is 5.56 Å². The Hall–Kier alpha value is -1.26. The molecule has 0 spiro atoms. The minimum Gasteiger partial charge on any atom is -0.493 e. The lowest BCUT2D eigenvalue weighted by molar-refractivity contribution is 0.108. The van der Waals surface area contributed by atoms with Gasteiger partial charge in [0.2, 0.25) is 0 Å². The van der Waals surface area contributed by atoms with E-state index in [0.29, 0.717) is 6.54 Å². The normalized spacial score (nSPS) is 11.8. The number of methoxy groups -OCH3 is 2. The summed E-state index contributed by atoms with van der Waals surface area (Å²) in [6.07, 6.45) is 2.09. The van der Waals surface area contributed by atoms with Gasteiger partial charge in [0.25, 0.3) is 0 Å². The number of benzene rings is 1. The van der Waals surface area contributed by atoms with Crippen LogP contribution in [0, 0.1) is 0 Å². The van der Waals surface area contributed by atoms with E-state index in [1.54, 1.807) is 14.2 Å². The minimum absolute atomic E-state index is 0.0627. The molecule has 2 N–H and O–H groups in total. The third-order valence-corrected chi connectivity index (χ3v) is 4.37. The molecule has 0 amide bonds. The summed E-state index contributed by atoms with van der Waals surface area (Å²) in [6.45, 7) is 5.91. The van der Waals surface area contributed by atoms with Crippen molar-refractivity contribution in [2.24, 2.45) is 5.73 Å². The molecule has 0 fully saturated rings. The minimum atomic E-state index is 0.0627. The van der Waals surface area contributed by atoms with Crippen LogP contribution in [0.25, 0.3) is 0 Å². The van der Waals surface area contributed by atoms with Crippen LogP contribution in [0.4, 0.5) is 0 Å². The fourth-order valence-corrected chi connectivity index (χ4v) is 2.65. The van der Waals surface area contributed by atoms with Crippen molar-refractivity contribution < 1.29 is 9.47 Å². The number of nitrogens with two attached hydrogens (primary N) is 1. The third-order valence-electron chi connectivity index (χ3n) is 4.37. The third kappa shape index (κ3) is 3.44. The maximum absolute atomic E-state index is 6.00. The summed E-state index contributed by atoms with van der Waals surface area (Å²) < 4.78 is 10.6. The molecule has 0 unspecified atom stereocenters. The van der Waals surface area contributed by atoms with Crippen LogP contribution in [0.1, 0.15) is 32.3 Å². The zero-order chi connectivity index (χ0) is 15.2. The van der Waals surface area contributed by atoms with Crippen molar-refractivity contribution in [3.8, 4) is 11.5 Å². The predicted octanol–water partition coefficient (Wildman–Crippen LogP) is 2.65. The molecular formula is C16H28N2O2. The summed E-state index contributed by atoms with van der Waals surface area (Å²) in [7, 11) is 5.45. The van der Waals surface area contributed by atoms with Crippen LogP contribution in [-0.2, 0) is 6.54 Å². The summed E-state index contributed by atoms with van der Waals surface area (Å²) in [4.78, 5) is 2.34. The molecular weight excluding hydrogens is 252 g/mol. The summed E-state index contributed by atoms with van der Waals surface area (Å²) in [5.74, 6) is 1.53. The van der Waals surface area contributed by atoms with Crippen LogP contribution >= 0.6 is 0 Å². The van der Waals surface area contributed by atoms with E-state index in [4.69, 9.17) is 15.2 Å². The molecule has 0 aliphatic carbocycles. The van der Waals surface area contributed by atoms with Crippen molar-refractivity contribution in [1.29, 1.82) is 0 Å². The Bertz CT molecular complexity index is 409. The van der Waals surface area contributed by atoms with Crippen LogP contribution in [0.15, 0.2) is 18.2 Å². The number of hydrogen-bond acceptors (Lipinski definition) is 4. The van der Waals surface area contributed by atoms with Gasteiger partial charge in [-0.2, -0.15) is 0 Å². The van der Waals surface area contributed by atoms with E-state index in [1.807, 2.05) is 12.1 Å². The van der Waals surface area contributed by atoms with Gasteiger partial charge in [0.05, 0.1) is 14.2 Å². The fraction of sp³-hybridized carbons (Fsp3) is 0.625. The molecule has 1 aromatic carbocycles. The highest BCUT2D eigenvalue weighted by atomic mass is 16.5. The Labute approximate surface area is 122 Å². The van der Waals surface area contributed by atoms with Crippen molar-refractivity contribution in [2.75, 3.05) is 27.8 Å². The number of nitrogens with zero attached hydrogens (tertiary/aromatic N) is 1. The van der Waals surface area contributed by atoms with Gasteiger partial charge in [-0.1, -0.05) is 19.9 Å². The SMILES string of the molecule is CCC(CC)(CN)N(C)Cc1ccc(OC)c(OC)c1. The van der Waals surface area contributed by atoms with Gasteiger partial charge in [-0.3, -0.25) is 4.90 Å². The number of ether oxygens (including phenoxy) is 2. The monoisotopic (exact) mass is 280 g/mol. The molecule has 4 nitrogen and oxygen atoms in total. The number of rotatable bonds is 8. The van der Waals surface area contributed by atoms with Crippen molar-refractivity contribution in [3.63, 3.8) is 0 Å². The highest BCUT2D eigenvalue weighted by Crippen LogP contribution is 2.29. The van der Waals surface area contributed by atoms with Crippen LogP contribution in [0.3, 0.4) is 0 Å². The van der Waals surface area contributed by atoms with E-state index >= 15 is 0 Å². The Morgan fingerprint density at radius 1 is 1.10 bits per heavy atom. The van der Waals surface area contributed by atoms with E-state index in [-0.39, 0.29) is 5.54 Å².